The number of benzene rings is 2. The smallest absolute Gasteiger partial charge is 0.230 e. The molecule has 0 bridgehead atoms. The molecule has 1 aromatic heterocycles. The van der Waals surface area contributed by atoms with Gasteiger partial charge in [0.1, 0.15) is 0 Å². The molecule has 0 fully saturated rings. The first-order chi connectivity index (χ1) is 12.9. The van der Waals surface area contributed by atoms with Gasteiger partial charge in [0.25, 0.3) is 0 Å². The number of amides is 1. The topological polar surface area (TPSA) is 70.2 Å². The molecular weight excluding hydrogens is 439 g/mol. The van der Waals surface area contributed by atoms with Crippen molar-refractivity contribution in [2.45, 2.75) is 6.42 Å². The fourth-order valence-corrected chi connectivity index (χ4v) is 3.81. The highest BCUT2D eigenvalue weighted by atomic mass is 35.5. The highest BCUT2D eigenvalue weighted by Crippen LogP contribution is 2.24. The number of carbonyl (C=O) groups excluding carboxylic acids is 1. The summed E-state index contributed by atoms with van der Waals surface area (Å²) in [5, 5.41) is 14.6. The van der Waals surface area contributed by atoms with Crippen molar-refractivity contribution in [3.05, 3.63) is 73.9 Å². The Balaban J connectivity index is 0.00000280. The van der Waals surface area contributed by atoms with E-state index in [1.807, 2.05) is 23.1 Å². The molecule has 144 valence electrons. The molecule has 2 aromatic carbocycles. The van der Waals surface area contributed by atoms with Gasteiger partial charge in [-0.1, -0.05) is 23.2 Å². The molecule has 28 heavy (non-hydrogen) atoms. The van der Waals surface area contributed by atoms with E-state index in [2.05, 4.69) is 10.3 Å². The Hall–Kier alpha value is -2.30. The number of nitrogens with one attached hydrogen (secondary N) is 1. The molecule has 5 nitrogen and oxygen atoms in total. The number of carbonyl (C=O) groups is 1. The second-order valence-corrected chi connectivity index (χ2v) is 7.43. The van der Waals surface area contributed by atoms with Gasteiger partial charge in [-0.05, 0) is 42.5 Å². The molecule has 0 atom stereocenters. The third kappa shape index (κ3) is 5.60. The number of rotatable bonds is 4. The van der Waals surface area contributed by atoms with Crippen LogP contribution in [-0.4, -0.2) is 10.5 Å². The summed E-state index contributed by atoms with van der Waals surface area (Å²) in [4.78, 5) is 17.6. The highest BCUT2D eigenvalue weighted by Gasteiger charge is 2.09. The number of nitriles is 1. The first kappa shape index (κ1) is 22.0. The van der Waals surface area contributed by atoms with Crippen molar-refractivity contribution in [3.8, 4) is 6.07 Å². The lowest BCUT2D eigenvalue weighted by atomic mass is 10.2. The van der Waals surface area contributed by atoms with Crippen LogP contribution in [0.3, 0.4) is 0 Å². The van der Waals surface area contributed by atoms with Gasteiger partial charge in [0.05, 0.1) is 23.7 Å². The van der Waals surface area contributed by atoms with E-state index in [1.54, 1.807) is 42.5 Å². The molecule has 0 unspecified atom stereocenters. The maximum absolute atomic E-state index is 12.3. The van der Waals surface area contributed by atoms with Crippen molar-refractivity contribution in [2.75, 3.05) is 5.32 Å². The predicted molar refractivity (Wildman–Crippen MR) is 116 cm³/mol. The van der Waals surface area contributed by atoms with E-state index in [0.29, 0.717) is 27.0 Å². The van der Waals surface area contributed by atoms with Crippen molar-refractivity contribution in [3.63, 3.8) is 0 Å². The molecule has 3 rings (SSSR count). The number of halogens is 3. The van der Waals surface area contributed by atoms with E-state index in [0.717, 1.165) is 10.5 Å². The maximum atomic E-state index is 12.3. The van der Waals surface area contributed by atoms with Crippen molar-refractivity contribution in [1.82, 2.24) is 4.57 Å². The minimum atomic E-state index is -0.148. The third-order valence-corrected chi connectivity index (χ3v) is 5.13. The molecular formula is C19H15Cl3N4OS. The van der Waals surface area contributed by atoms with E-state index in [9.17, 15) is 4.79 Å². The fraction of sp³-hybridized carbons (Fsp3) is 0.105. The summed E-state index contributed by atoms with van der Waals surface area (Å²) in [5.41, 5.74) is 2.68. The largest absolute Gasteiger partial charge is 0.326 e. The van der Waals surface area contributed by atoms with E-state index in [-0.39, 0.29) is 24.7 Å². The van der Waals surface area contributed by atoms with Gasteiger partial charge < -0.3 is 9.88 Å². The molecule has 0 aliphatic carbocycles. The van der Waals surface area contributed by atoms with Crippen LogP contribution in [0.25, 0.3) is 0 Å². The lowest BCUT2D eigenvalue weighted by molar-refractivity contribution is -0.115. The van der Waals surface area contributed by atoms with Gasteiger partial charge in [0.15, 0.2) is 4.80 Å². The van der Waals surface area contributed by atoms with Crippen LogP contribution in [0.15, 0.2) is 52.8 Å². The number of anilines is 1. The number of nitrogens with zero attached hydrogens (tertiary/aromatic N) is 3. The molecule has 3 aromatic rings. The van der Waals surface area contributed by atoms with Crippen molar-refractivity contribution >= 4 is 64.2 Å². The monoisotopic (exact) mass is 452 g/mol. The Kier molecular flexibility index (Phi) is 7.67. The van der Waals surface area contributed by atoms with Crippen LogP contribution in [0.4, 0.5) is 11.4 Å². The zero-order chi connectivity index (χ0) is 19.4. The normalized spacial score (nSPS) is 10.9. The second-order valence-electron chi connectivity index (χ2n) is 5.72. The second kappa shape index (κ2) is 9.76. The molecule has 1 amide bonds. The van der Waals surface area contributed by atoms with Gasteiger partial charge >= 0.3 is 0 Å². The van der Waals surface area contributed by atoms with Gasteiger partial charge in [0, 0.05) is 33.9 Å². The van der Waals surface area contributed by atoms with Crippen LogP contribution in [0.5, 0.6) is 0 Å². The van der Waals surface area contributed by atoms with Crippen molar-refractivity contribution in [1.29, 1.82) is 5.26 Å². The Morgan fingerprint density at radius 3 is 2.46 bits per heavy atom. The third-order valence-electron chi connectivity index (χ3n) is 3.73. The summed E-state index contributed by atoms with van der Waals surface area (Å²) in [6.07, 6.45) is 0.207. The standard InChI is InChI=1S/C19H14Cl2N4OS.ClH/c1-25-17(9-18(26)23-15-4-2-12(10-22)3-5-15)11-27-19(25)24-16-7-13(20)6-14(21)8-16;/h2-8,11H,9H2,1H3,(H,23,26);1H. The van der Waals surface area contributed by atoms with Crippen LogP contribution in [0.2, 0.25) is 10.0 Å². The summed E-state index contributed by atoms with van der Waals surface area (Å²) < 4.78 is 1.86. The van der Waals surface area contributed by atoms with Crippen molar-refractivity contribution < 1.29 is 4.79 Å². The lowest BCUT2D eigenvalue weighted by Gasteiger charge is -2.06. The number of hydrogen-bond donors (Lipinski definition) is 1. The quantitative estimate of drug-likeness (QED) is 0.597. The van der Waals surface area contributed by atoms with Gasteiger partial charge in [-0.3, -0.25) is 4.79 Å². The van der Waals surface area contributed by atoms with Crippen LogP contribution >= 0.6 is 46.9 Å². The maximum Gasteiger partial charge on any atom is 0.230 e. The zero-order valence-electron chi connectivity index (χ0n) is 14.6. The Morgan fingerprint density at radius 1 is 1.21 bits per heavy atom. The molecule has 1 N–H and O–H groups in total. The van der Waals surface area contributed by atoms with Gasteiger partial charge in [-0.25, -0.2) is 4.99 Å². The van der Waals surface area contributed by atoms with Crippen LogP contribution in [0, 0.1) is 11.3 Å². The predicted octanol–water partition coefficient (Wildman–Crippen LogP) is 5.10. The van der Waals surface area contributed by atoms with Gasteiger partial charge in [-0.15, -0.1) is 23.7 Å². The highest BCUT2D eigenvalue weighted by molar-refractivity contribution is 7.07. The molecule has 0 aliphatic heterocycles. The molecule has 0 aliphatic rings. The summed E-state index contributed by atoms with van der Waals surface area (Å²) in [7, 11) is 1.85. The Bertz CT molecular complexity index is 1080. The first-order valence-corrected chi connectivity index (χ1v) is 9.52. The molecule has 1 heterocycles. The summed E-state index contributed by atoms with van der Waals surface area (Å²) in [6, 6.07) is 13.9. The number of aromatic nitrogens is 1. The molecule has 0 saturated carbocycles. The fourth-order valence-electron chi connectivity index (χ4n) is 2.38. The Morgan fingerprint density at radius 2 is 1.86 bits per heavy atom. The summed E-state index contributed by atoms with van der Waals surface area (Å²) in [5.74, 6) is -0.148. The van der Waals surface area contributed by atoms with Gasteiger partial charge in [0.2, 0.25) is 5.91 Å². The minimum Gasteiger partial charge on any atom is -0.326 e. The van der Waals surface area contributed by atoms with Gasteiger partial charge in [-0.2, -0.15) is 5.26 Å². The SMILES string of the molecule is Cl.Cn1c(CC(=O)Nc2ccc(C#N)cc2)csc1=Nc1cc(Cl)cc(Cl)c1. The van der Waals surface area contributed by atoms with E-state index in [4.69, 9.17) is 28.5 Å². The first-order valence-electron chi connectivity index (χ1n) is 7.89. The lowest BCUT2D eigenvalue weighted by Crippen LogP contribution is -2.19. The van der Waals surface area contributed by atoms with Crippen LogP contribution in [0.1, 0.15) is 11.3 Å². The number of hydrogen-bond acceptors (Lipinski definition) is 4. The summed E-state index contributed by atoms with van der Waals surface area (Å²) in [6.45, 7) is 0. The molecule has 0 radical (unpaired) electrons. The minimum absolute atomic E-state index is 0. The Labute approximate surface area is 182 Å². The van der Waals surface area contributed by atoms with Crippen molar-refractivity contribution in [2.24, 2.45) is 12.0 Å². The average molecular weight is 454 g/mol. The van der Waals surface area contributed by atoms with Crippen LogP contribution in [-0.2, 0) is 18.3 Å². The average Bonchev–Trinajstić information content (AvgIpc) is 2.95. The molecule has 9 heteroatoms. The molecule has 0 saturated heterocycles. The number of thiazole rings is 1. The van der Waals surface area contributed by atoms with E-state index in [1.165, 1.54) is 11.3 Å². The van der Waals surface area contributed by atoms with E-state index >= 15 is 0 Å². The van der Waals surface area contributed by atoms with E-state index < -0.39 is 0 Å². The summed E-state index contributed by atoms with van der Waals surface area (Å²) >= 11 is 13.4. The molecule has 0 spiro atoms. The van der Waals surface area contributed by atoms with Crippen LogP contribution < -0.4 is 10.1 Å². The zero-order valence-corrected chi connectivity index (χ0v) is 17.8.